The molecule has 0 aromatic heterocycles. The average Bonchev–Trinajstić information content (AvgIpc) is 1.97. The van der Waals surface area contributed by atoms with Crippen LogP contribution in [0.5, 0.6) is 0 Å². The Kier molecular flexibility index (Phi) is 3.69. The van der Waals surface area contributed by atoms with Crippen LogP contribution in [0, 0.1) is 0 Å². The smallest absolute Gasteiger partial charge is 0.158 e. The first-order valence-electron chi connectivity index (χ1n) is 3.61. The first-order chi connectivity index (χ1) is 5.40. The summed E-state index contributed by atoms with van der Waals surface area (Å²) in [7, 11) is 5.86. The molecule has 0 aromatic carbocycles. The van der Waals surface area contributed by atoms with Gasteiger partial charge in [0, 0.05) is 0 Å². The van der Waals surface area contributed by atoms with Gasteiger partial charge in [-0.25, -0.2) is 0 Å². The molecular formula is C7H16N3O2+. The van der Waals surface area contributed by atoms with Crippen LogP contribution in [0.2, 0.25) is 0 Å². The highest BCUT2D eigenvalue weighted by Gasteiger charge is 2.15. The molecule has 0 amide bonds. The van der Waals surface area contributed by atoms with Gasteiger partial charge in [0.25, 0.3) is 0 Å². The van der Waals surface area contributed by atoms with Gasteiger partial charge in [-0.15, -0.1) is 0 Å². The van der Waals surface area contributed by atoms with Gasteiger partial charge in [-0.1, -0.05) is 10.3 Å². The second-order valence-corrected chi connectivity index (χ2v) is 3.68. The van der Waals surface area contributed by atoms with Crippen LogP contribution in [0.1, 0.15) is 6.92 Å². The van der Waals surface area contributed by atoms with Crippen LogP contribution in [0.4, 0.5) is 0 Å². The van der Waals surface area contributed by atoms with E-state index in [1.807, 2.05) is 21.1 Å². The molecule has 0 saturated carbocycles. The molecule has 0 heterocycles. The van der Waals surface area contributed by atoms with Gasteiger partial charge in [-0.2, -0.15) is 0 Å². The molecule has 0 atom stereocenters. The molecule has 0 spiro atoms. The summed E-state index contributed by atoms with van der Waals surface area (Å²) >= 11 is 0. The second kappa shape index (κ2) is 4.06. The van der Waals surface area contributed by atoms with Gasteiger partial charge in [0.15, 0.2) is 5.71 Å². The summed E-state index contributed by atoms with van der Waals surface area (Å²) in [6, 6.07) is 0. The predicted molar refractivity (Wildman–Crippen MR) is 47.0 cm³/mol. The van der Waals surface area contributed by atoms with E-state index in [0.29, 0.717) is 22.5 Å². The van der Waals surface area contributed by atoms with Gasteiger partial charge in [0.1, 0.15) is 12.3 Å². The quantitative estimate of drug-likeness (QED) is 0.281. The summed E-state index contributed by atoms with van der Waals surface area (Å²) in [6.07, 6.45) is 0. The minimum absolute atomic E-state index is 0.338. The van der Waals surface area contributed by atoms with E-state index in [1.54, 1.807) is 6.92 Å². The first kappa shape index (κ1) is 10.9. The van der Waals surface area contributed by atoms with E-state index < -0.39 is 0 Å². The fourth-order valence-corrected chi connectivity index (χ4v) is 0.725. The Labute approximate surface area is 72.2 Å². The summed E-state index contributed by atoms with van der Waals surface area (Å²) in [5.41, 5.74) is 0.732. The normalized spacial score (nSPS) is 15.0. The van der Waals surface area contributed by atoms with Gasteiger partial charge in [0.2, 0.25) is 0 Å². The van der Waals surface area contributed by atoms with Gasteiger partial charge in [-0.05, 0) is 6.92 Å². The van der Waals surface area contributed by atoms with Crippen molar-refractivity contribution in [3.05, 3.63) is 0 Å². The highest BCUT2D eigenvalue weighted by atomic mass is 16.4. The number of oxime groups is 2. The van der Waals surface area contributed by atoms with Gasteiger partial charge >= 0.3 is 0 Å². The first-order valence-corrected chi connectivity index (χ1v) is 3.61. The minimum Gasteiger partial charge on any atom is -0.411 e. The van der Waals surface area contributed by atoms with Crippen LogP contribution >= 0.6 is 0 Å². The third-order valence-electron chi connectivity index (χ3n) is 1.31. The Balaban J connectivity index is 4.43. The SMILES string of the molecule is CC(=N/O)/C(C[N+](C)(C)C)=N/O. The van der Waals surface area contributed by atoms with Crippen molar-refractivity contribution in [3.8, 4) is 0 Å². The zero-order valence-electron chi connectivity index (χ0n) is 7.94. The molecule has 0 aliphatic carbocycles. The lowest BCUT2D eigenvalue weighted by molar-refractivity contribution is -0.860. The van der Waals surface area contributed by atoms with E-state index in [4.69, 9.17) is 10.4 Å². The largest absolute Gasteiger partial charge is 0.411 e. The molecule has 0 aromatic rings. The Hall–Kier alpha value is -1.10. The molecular weight excluding hydrogens is 158 g/mol. The summed E-state index contributed by atoms with van der Waals surface area (Å²) in [5, 5.41) is 23.0. The number of rotatable bonds is 3. The van der Waals surface area contributed by atoms with Crippen molar-refractivity contribution in [1.82, 2.24) is 0 Å². The second-order valence-electron chi connectivity index (χ2n) is 3.68. The number of quaternary nitrogens is 1. The maximum absolute atomic E-state index is 8.58. The van der Waals surface area contributed by atoms with Gasteiger partial charge in [-0.3, -0.25) is 0 Å². The highest BCUT2D eigenvalue weighted by Crippen LogP contribution is 1.94. The molecule has 0 fully saturated rings. The minimum atomic E-state index is 0.338. The molecule has 0 bridgehead atoms. The third kappa shape index (κ3) is 3.92. The van der Waals surface area contributed by atoms with Crippen molar-refractivity contribution >= 4 is 11.4 Å². The molecule has 70 valence electrons. The van der Waals surface area contributed by atoms with Crippen molar-refractivity contribution in [1.29, 1.82) is 0 Å². The van der Waals surface area contributed by atoms with Crippen molar-refractivity contribution in [2.75, 3.05) is 27.7 Å². The van der Waals surface area contributed by atoms with Crippen LogP contribution in [0.25, 0.3) is 0 Å². The van der Waals surface area contributed by atoms with Crippen LogP contribution in [-0.2, 0) is 0 Å². The Morgan fingerprint density at radius 1 is 1.17 bits per heavy atom. The number of nitrogens with zero attached hydrogens (tertiary/aromatic N) is 3. The fraction of sp³-hybridized carbons (Fsp3) is 0.714. The van der Waals surface area contributed by atoms with E-state index in [-0.39, 0.29) is 0 Å². The maximum Gasteiger partial charge on any atom is 0.158 e. The van der Waals surface area contributed by atoms with Crippen molar-refractivity contribution in [2.24, 2.45) is 10.3 Å². The standard InChI is InChI=1S/C7H15N3O2/c1-6(8-11)7(9-12)5-10(2,3)4/h5H2,1-4H3,(H-,11,12)/p+1/b8-6-,9-7+. The van der Waals surface area contributed by atoms with E-state index >= 15 is 0 Å². The molecule has 0 unspecified atom stereocenters. The van der Waals surface area contributed by atoms with E-state index in [0.717, 1.165) is 0 Å². The van der Waals surface area contributed by atoms with Crippen molar-refractivity contribution in [2.45, 2.75) is 6.92 Å². The predicted octanol–water partition coefficient (Wildman–Crippen LogP) is 0.373. The number of hydrogen-bond acceptors (Lipinski definition) is 4. The molecule has 0 aliphatic heterocycles. The molecule has 0 rings (SSSR count). The van der Waals surface area contributed by atoms with Crippen LogP contribution in [-0.4, -0.2) is 54.0 Å². The van der Waals surface area contributed by atoms with Crippen LogP contribution in [0.15, 0.2) is 10.3 Å². The van der Waals surface area contributed by atoms with E-state index in [1.165, 1.54) is 0 Å². The van der Waals surface area contributed by atoms with E-state index in [2.05, 4.69) is 10.3 Å². The molecule has 5 heteroatoms. The fourth-order valence-electron chi connectivity index (χ4n) is 0.725. The average molecular weight is 174 g/mol. The summed E-state index contributed by atoms with van der Waals surface area (Å²) in [6.45, 7) is 2.11. The summed E-state index contributed by atoms with van der Waals surface area (Å²) < 4.78 is 0.617. The Morgan fingerprint density at radius 2 is 1.67 bits per heavy atom. The Bertz CT molecular complexity index is 203. The molecule has 0 saturated heterocycles. The van der Waals surface area contributed by atoms with Gasteiger partial charge < -0.3 is 14.9 Å². The molecule has 2 N–H and O–H groups in total. The molecule has 5 nitrogen and oxygen atoms in total. The topological polar surface area (TPSA) is 65.2 Å². The highest BCUT2D eigenvalue weighted by molar-refractivity contribution is 6.41. The lowest BCUT2D eigenvalue weighted by Gasteiger charge is -2.23. The number of hydrogen-bond donors (Lipinski definition) is 2. The van der Waals surface area contributed by atoms with Crippen LogP contribution < -0.4 is 0 Å². The van der Waals surface area contributed by atoms with Crippen LogP contribution in [0.3, 0.4) is 0 Å². The molecule has 0 radical (unpaired) electrons. The zero-order chi connectivity index (χ0) is 9.78. The summed E-state index contributed by atoms with van der Waals surface area (Å²) in [4.78, 5) is 0. The molecule has 12 heavy (non-hydrogen) atoms. The summed E-state index contributed by atoms with van der Waals surface area (Å²) in [5.74, 6) is 0. The van der Waals surface area contributed by atoms with Gasteiger partial charge in [0.05, 0.1) is 21.1 Å². The van der Waals surface area contributed by atoms with Crippen molar-refractivity contribution < 1.29 is 14.9 Å². The van der Waals surface area contributed by atoms with E-state index in [9.17, 15) is 0 Å². The maximum atomic E-state index is 8.58. The lowest BCUT2D eigenvalue weighted by atomic mass is 10.2. The lowest BCUT2D eigenvalue weighted by Crippen LogP contribution is -2.41. The molecule has 0 aliphatic rings. The monoisotopic (exact) mass is 174 g/mol. The zero-order valence-corrected chi connectivity index (χ0v) is 7.94. The van der Waals surface area contributed by atoms with Crippen molar-refractivity contribution in [3.63, 3.8) is 0 Å². The Morgan fingerprint density at radius 3 is 1.92 bits per heavy atom. The third-order valence-corrected chi connectivity index (χ3v) is 1.31.